The molecule has 1 aliphatic heterocycles. The van der Waals surface area contributed by atoms with E-state index < -0.39 is 37.0 Å². The summed E-state index contributed by atoms with van der Waals surface area (Å²) in [6, 6.07) is 0. The summed E-state index contributed by atoms with van der Waals surface area (Å²) in [5.74, 6) is -0.969. The average molecular weight is 302 g/mol. The lowest BCUT2D eigenvalue weighted by molar-refractivity contribution is -0.0459. The topological polar surface area (TPSA) is 113 Å². The Bertz CT molecular complexity index is 667. The Hall–Kier alpha value is -1.88. The molecule has 3 rings (SSSR count). The van der Waals surface area contributed by atoms with Crippen LogP contribution in [0.4, 0.5) is 14.6 Å². The van der Waals surface area contributed by atoms with Gasteiger partial charge in [-0.2, -0.15) is 0 Å². The van der Waals surface area contributed by atoms with Crippen LogP contribution in [-0.2, 0) is 4.74 Å². The normalized spacial score (nSPS) is 29.2. The van der Waals surface area contributed by atoms with Crippen LogP contribution in [0.2, 0.25) is 0 Å². The predicted octanol–water partition coefficient (Wildman–Crippen LogP) is -0.0398. The standard InChI is InChI=1S/C11H12F2N4O4/c12-4-1-17(10-6(4)9(16-20)14-3-15-10)11-7(13)8(19)5(2-18)21-11/h1,3,5,7-8,11,18-20H,2H2,(H,14,15,16)/t5-,7-,8-,11-/m1/s1. The van der Waals surface area contributed by atoms with Crippen LogP contribution >= 0.6 is 0 Å². The van der Waals surface area contributed by atoms with Crippen molar-refractivity contribution in [2.24, 2.45) is 0 Å². The highest BCUT2D eigenvalue weighted by Crippen LogP contribution is 2.35. The molecule has 0 aliphatic carbocycles. The second kappa shape index (κ2) is 5.15. The number of aliphatic hydroxyl groups is 2. The van der Waals surface area contributed by atoms with E-state index in [0.29, 0.717) is 0 Å². The molecule has 0 amide bonds. The molecule has 0 unspecified atom stereocenters. The maximum atomic E-state index is 14.1. The summed E-state index contributed by atoms with van der Waals surface area (Å²) in [4.78, 5) is 7.48. The van der Waals surface area contributed by atoms with Crippen LogP contribution in [0.15, 0.2) is 12.5 Å². The zero-order valence-electron chi connectivity index (χ0n) is 10.5. The molecule has 4 atom stereocenters. The lowest BCUT2D eigenvalue weighted by Gasteiger charge is -2.15. The van der Waals surface area contributed by atoms with Crippen LogP contribution in [0.5, 0.6) is 0 Å². The third kappa shape index (κ3) is 2.03. The molecular formula is C11H12F2N4O4. The van der Waals surface area contributed by atoms with E-state index in [0.717, 1.165) is 17.1 Å². The number of ether oxygens (including phenoxy) is 1. The monoisotopic (exact) mass is 302 g/mol. The van der Waals surface area contributed by atoms with Crippen molar-refractivity contribution in [3.05, 3.63) is 18.3 Å². The Morgan fingerprint density at radius 2 is 2.19 bits per heavy atom. The van der Waals surface area contributed by atoms with Gasteiger partial charge < -0.3 is 14.9 Å². The van der Waals surface area contributed by atoms with Gasteiger partial charge >= 0.3 is 0 Å². The molecule has 1 saturated heterocycles. The van der Waals surface area contributed by atoms with Gasteiger partial charge in [0.05, 0.1) is 12.0 Å². The Kier molecular flexibility index (Phi) is 3.45. The molecule has 21 heavy (non-hydrogen) atoms. The van der Waals surface area contributed by atoms with Crippen LogP contribution in [-0.4, -0.2) is 54.9 Å². The number of fused-ring (bicyclic) bond motifs is 1. The molecule has 8 nitrogen and oxygen atoms in total. The third-order valence-corrected chi connectivity index (χ3v) is 3.42. The molecule has 2 aromatic rings. The van der Waals surface area contributed by atoms with Gasteiger partial charge in [0.25, 0.3) is 0 Å². The maximum absolute atomic E-state index is 14.1. The fourth-order valence-corrected chi connectivity index (χ4v) is 2.40. The van der Waals surface area contributed by atoms with E-state index in [1.54, 1.807) is 5.48 Å². The molecule has 3 heterocycles. The highest BCUT2D eigenvalue weighted by atomic mass is 19.1. The van der Waals surface area contributed by atoms with Gasteiger partial charge in [-0.25, -0.2) is 18.7 Å². The molecule has 114 valence electrons. The maximum Gasteiger partial charge on any atom is 0.173 e. The van der Waals surface area contributed by atoms with Gasteiger partial charge in [0.2, 0.25) is 0 Å². The van der Waals surface area contributed by atoms with Gasteiger partial charge in [-0.1, -0.05) is 0 Å². The highest BCUT2D eigenvalue weighted by molar-refractivity contribution is 5.87. The van der Waals surface area contributed by atoms with Crippen LogP contribution < -0.4 is 5.48 Å². The molecule has 1 aliphatic rings. The van der Waals surface area contributed by atoms with Gasteiger partial charge in [-0.3, -0.25) is 15.3 Å². The van der Waals surface area contributed by atoms with E-state index in [1.807, 2.05) is 0 Å². The van der Waals surface area contributed by atoms with Gasteiger partial charge in [-0.15, -0.1) is 0 Å². The van der Waals surface area contributed by atoms with E-state index in [9.17, 15) is 13.9 Å². The number of aromatic nitrogens is 3. The molecule has 4 N–H and O–H groups in total. The van der Waals surface area contributed by atoms with Gasteiger partial charge in [0.15, 0.2) is 29.7 Å². The first-order valence-electron chi connectivity index (χ1n) is 6.08. The fraction of sp³-hybridized carbons (Fsp3) is 0.455. The lowest BCUT2D eigenvalue weighted by atomic mass is 10.1. The number of hydrogen-bond donors (Lipinski definition) is 4. The predicted molar refractivity (Wildman–Crippen MR) is 64.8 cm³/mol. The Labute approximate surface area is 116 Å². The fourth-order valence-electron chi connectivity index (χ4n) is 2.40. The van der Waals surface area contributed by atoms with Crippen molar-refractivity contribution >= 4 is 16.9 Å². The molecule has 0 aromatic carbocycles. The number of nitrogens with one attached hydrogen (secondary N) is 1. The van der Waals surface area contributed by atoms with Gasteiger partial charge in [-0.05, 0) is 0 Å². The number of halogens is 2. The summed E-state index contributed by atoms with van der Waals surface area (Å²) in [6.07, 6.45) is -3.85. The van der Waals surface area contributed by atoms with Crippen LogP contribution in [0, 0.1) is 5.82 Å². The minimum Gasteiger partial charge on any atom is -0.394 e. The first-order chi connectivity index (χ1) is 10.1. The van der Waals surface area contributed by atoms with Crippen LogP contribution in [0.1, 0.15) is 6.23 Å². The molecule has 0 bridgehead atoms. The summed E-state index contributed by atoms with van der Waals surface area (Å²) in [5.41, 5.74) is 1.71. The van der Waals surface area contributed by atoms with Gasteiger partial charge in [0.1, 0.15) is 18.5 Å². The quantitative estimate of drug-likeness (QED) is 0.588. The summed E-state index contributed by atoms with van der Waals surface area (Å²) in [7, 11) is 0. The first-order valence-corrected chi connectivity index (χ1v) is 6.08. The molecule has 2 aromatic heterocycles. The molecule has 1 fully saturated rings. The third-order valence-electron chi connectivity index (χ3n) is 3.42. The van der Waals surface area contributed by atoms with E-state index in [4.69, 9.17) is 15.1 Å². The van der Waals surface area contributed by atoms with Crippen LogP contribution in [0.3, 0.4) is 0 Å². The molecule has 0 spiro atoms. The van der Waals surface area contributed by atoms with E-state index in [2.05, 4.69) is 9.97 Å². The van der Waals surface area contributed by atoms with E-state index >= 15 is 0 Å². The molecule has 0 radical (unpaired) electrons. The number of nitrogens with zero attached hydrogens (tertiary/aromatic N) is 3. The summed E-state index contributed by atoms with van der Waals surface area (Å²) < 4.78 is 34.3. The number of anilines is 1. The lowest BCUT2D eigenvalue weighted by Crippen LogP contribution is -2.30. The zero-order valence-corrected chi connectivity index (χ0v) is 10.5. The second-order valence-electron chi connectivity index (χ2n) is 4.60. The molecule has 10 heteroatoms. The van der Waals surface area contributed by atoms with Crippen molar-refractivity contribution in [3.63, 3.8) is 0 Å². The van der Waals surface area contributed by atoms with E-state index in [-0.39, 0.29) is 16.9 Å². The SMILES string of the molecule is OC[C@H]1O[C@@H](n2cc(F)c3c(NO)ncnc32)[C@H](F)[C@@H]1O. The summed E-state index contributed by atoms with van der Waals surface area (Å²) in [6.45, 7) is -0.571. The molecular weight excluding hydrogens is 290 g/mol. The van der Waals surface area contributed by atoms with Crippen molar-refractivity contribution in [2.45, 2.75) is 24.6 Å². The van der Waals surface area contributed by atoms with Crippen molar-refractivity contribution in [2.75, 3.05) is 12.1 Å². The van der Waals surface area contributed by atoms with Crippen molar-refractivity contribution in [1.82, 2.24) is 14.5 Å². The number of rotatable bonds is 3. The minimum absolute atomic E-state index is 0.0162. The Morgan fingerprint density at radius 1 is 1.43 bits per heavy atom. The van der Waals surface area contributed by atoms with Crippen molar-refractivity contribution < 1.29 is 28.9 Å². The Balaban J connectivity index is 2.10. The molecule has 0 saturated carbocycles. The van der Waals surface area contributed by atoms with Crippen molar-refractivity contribution in [3.8, 4) is 0 Å². The summed E-state index contributed by atoms with van der Waals surface area (Å²) in [5, 5.41) is 27.4. The largest absolute Gasteiger partial charge is 0.394 e. The van der Waals surface area contributed by atoms with Gasteiger partial charge in [0, 0.05) is 6.20 Å². The smallest absolute Gasteiger partial charge is 0.173 e. The van der Waals surface area contributed by atoms with Crippen LogP contribution in [0.25, 0.3) is 11.0 Å². The number of hydrogen-bond acceptors (Lipinski definition) is 7. The zero-order chi connectivity index (χ0) is 15.1. The minimum atomic E-state index is -1.86. The number of aliphatic hydroxyl groups excluding tert-OH is 2. The number of alkyl halides is 1. The Morgan fingerprint density at radius 3 is 2.81 bits per heavy atom. The van der Waals surface area contributed by atoms with Crippen molar-refractivity contribution in [1.29, 1.82) is 0 Å². The second-order valence-corrected chi connectivity index (χ2v) is 4.60. The average Bonchev–Trinajstić information content (AvgIpc) is 2.98. The summed E-state index contributed by atoms with van der Waals surface area (Å²) >= 11 is 0. The highest BCUT2D eigenvalue weighted by Gasteiger charge is 2.45. The first kappa shape index (κ1) is 14.1. The van der Waals surface area contributed by atoms with E-state index in [1.165, 1.54) is 0 Å².